The Morgan fingerprint density at radius 3 is 2.46 bits per heavy atom. The van der Waals surface area contributed by atoms with E-state index in [2.05, 4.69) is 6.58 Å². The summed E-state index contributed by atoms with van der Waals surface area (Å²) in [5.74, 6) is 0.796. The van der Waals surface area contributed by atoms with Gasteiger partial charge in [0.05, 0.1) is 24.0 Å². The molecule has 3 rings (SSSR count). The van der Waals surface area contributed by atoms with Crippen molar-refractivity contribution in [1.29, 1.82) is 0 Å². The van der Waals surface area contributed by atoms with Gasteiger partial charge in [0.1, 0.15) is 17.4 Å². The number of aliphatic hydroxyl groups is 2. The van der Waals surface area contributed by atoms with E-state index in [-0.39, 0.29) is 19.1 Å². The molecule has 8 heteroatoms. The Morgan fingerprint density at radius 1 is 1.14 bits per heavy atom. The third kappa shape index (κ3) is 6.93. The molecule has 0 saturated carbocycles. The number of halogens is 3. The van der Waals surface area contributed by atoms with Crippen molar-refractivity contribution in [3.05, 3.63) is 82.4 Å². The van der Waals surface area contributed by atoms with Crippen LogP contribution in [0.1, 0.15) is 59.6 Å². The molecule has 0 aliphatic heterocycles. The lowest BCUT2D eigenvalue weighted by molar-refractivity contribution is -0.137. The fourth-order valence-electron chi connectivity index (χ4n) is 3.77. The van der Waals surface area contributed by atoms with E-state index < -0.39 is 17.8 Å². The molecule has 4 nitrogen and oxygen atoms in total. The third-order valence-corrected chi connectivity index (χ3v) is 6.74. The number of rotatable bonds is 11. The predicted octanol–water partition coefficient (Wildman–Crippen LogP) is 6.72. The monoisotopic (exact) mass is 505 g/mol. The first-order valence-corrected chi connectivity index (χ1v) is 12.3. The number of allylic oxidation sites excluding steroid dienone is 1. The summed E-state index contributed by atoms with van der Waals surface area (Å²) in [5, 5.41) is 20.6. The number of aliphatic hydroxyl groups excluding tert-OH is 2. The van der Waals surface area contributed by atoms with Gasteiger partial charge in [0.2, 0.25) is 0 Å². The van der Waals surface area contributed by atoms with Gasteiger partial charge in [-0.25, -0.2) is 4.98 Å². The quantitative estimate of drug-likeness (QED) is 0.284. The molecule has 3 aromatic rings. The average molecular weight is 506 g/mol. The molecule has 0 aliphatic rings. The summed E-state index contributed by atoms with van der Waals surface area (Å²) in [7, 11) is 0. The van der Waals surface area contributed by atoms with Crippen LogP contribution in [0, 0.1) is 0 Å². The number of benzene rings is 2. The van der Waals surface area contributed by atoms with Crippen LogP contribution < -0.4 is 4.74 Å². The van der Waals surface area contributed by atoms with Crippen molar-refractivity contribution in [1.82, 2.24) is 4.98 Å². The molecule has 2 N–H and O–H groups in total. The van der Waals surface area contributed by atoms with Crippen molar-refractivity contribution >= 4 is 11.3 Å². The van der Waals surface area contributed by atoms with E-state index in [1.54, 1.807) is 12.1 Å². The van der Waals surface area contributed by atoms with Crippen LogP contribution in [-0.2, 0) is 19.0 Å². The van der Waals surface area contributed by atoms with Crippen molar-refractivity contribution in [3.63, 3.8) is 0 Å². The second-order valence-corrected chi connectivity index (χ2v) is 9.63. The van der Waals surface area contributed by atoms with Gasteiger partial charge < -0.3 is 14.9 Å². The minimum Gasteiger partial charge on any atom is -0.491 e. The zero-order valence-electron chi connectivity index (χ0n) is 19.8. The van der Waals surface area contributed by atoms with Gasteiger partial charge >= 0.3 is 6.18 Å². The van der Waals surface area contributed by atoms with E-state index in [0.717, 1.165) is 33.8 Å². The highest BCUT2D eigenvalue weighted by atomic mass is 32.1. The zero-order chi connectivity index (χ0) is 25.6. The first-order chi connectivity index (χ1) is 16.6. The van der Waals surface area contributed by atoms with Crippen molar-refractivity contribution < 1.29 is 28.1 Å². The first kappa shape index (κ1) is 26.9. The van der Waals surface area contributed by atoms with Gasteiger partial charge in [0.25, 0.3) is 0 Å². The van der Waals surface area contributed by atoms with Gasteiger partial charge in [0, 0.05) is 10.4 Å². The maximum Gasteiger partial charge on any atom is 0.416 e. The molecule has 0 spiro atoms. The van der Waals surface area contributed by atoms with Crippen molar-refractivity contribution in [2.45, 2.75) is 51.3 Å². The molecule has 1 aromatic heterocycles. The maximum atomic E-state index is 12.9. The molecule has 0 radical (unpaired) electrons. The van der Waals surface area contributed by atoms with Crippen LogP contribution in [0.5, 0.6) is 5.75 Å². The normalized spacial score (nSPS) is 12.7. The standard InChI is InChI=1S/C27H30F3NO3S/c1-4-5-20-16-19(8-12-23(20)34-15-14-32)22(33)11-13-24-25(17(2)3)31-26(35-24)18-6-9-21(10-7-18)27(28,29)30/h4,6-10,12,16-17,22,32-33H,1,5,11,13-15H2,2-3H3. The number of aryl methyl sites for hydroxylation is 1. The molecular formula is C27H30F3NO3S. The highest BCUT2D eigenvalue weighted by molar-refractivity contribution is 7.15. The van der Waals surface area contributed by atoms with Gasteiger partial charge in [-0.05, 0) is 60.6 Å². The largest absolute Gasteiger partial charge is 0.491 e. The Morgan fingerprint density at radius 2 is 1.86 bits per heavy atom. The fourth-order valence-corrected chi connectivity index (χ4v) is 5.01. The molecule has 1 unspecified atom stereocenters. The van der Waals surface area contributed by atoms with Gasteiger partial charge in [-0.1, -0.05) is 38.1 Å². The third-order valence-electron chi connectivity index (χ3n) is 5.56. The van der Waals surface area contributed by atoms with Crippen LogP contribution in [0.15, 0.2) is 55.1 Å². The van der Waals surface area contributed by atoms with E-state index in [9.17, 15) is 18.3 Å². The maximum absolute atomic E-state index is 12.9. The van der Waals surface area contributed by atoms with Crippen LogP contribution in [-0.4, -0.2) is 28.4 Å². The van der Waals surface area contributed by atoms with Gasteiger partial charge in [-0.2, -0.15) is 13.2 Å². The molecular weight excluding hydrogens is 475 g/mol. The minimum atomic E-state index is -4.37. The summed E-state index contributed by atoms with van der Waals surface area (Å²) in [4.78, 5) is 5.73. The summed E-state index contributed by atoms with van der Waals surface area (Å²) >= 11 is 1.45. The number of hydrogen-bond acceptors (Lipinski definition) is 5. The van der Waals surface area contributed by atoms with Crippen molar-refractivity contribution in [3.8, 4) is 16.3 Å². The number of hydrogen-bond donors (Lipinski definition) is 2. The Kier molecular flexibility index (Phi) is 9.10. The van der Waals surface area contributed by atoms with Gasteiger partial charge in [0.15, 0.2) is 0 Å². The molecule has 35 heavy (non-hydrogen) atoms. The van der Waals surface area contributed by atoms with E-state index in [1.807, 2.05) is 26.0 Å². The first-order valence-electron chi connectivity index (χ1n) is 11.5. The summed E-state index contributed by atoms with van der Waals surface area (Å²) in [6.07, 6.45) is -1.69. The molecule has 2 aromatic carbocycles. The Balaban J connectivity index is 1.77. The summed E-state index contributed by atoms with van der Waals surface area (Å²) < 4.78 is 44.3. The molecule has 0 fully saturated rings. The van der Waals surface area contributed by atoms with Crippen molar-refractivity contribution in [2.75, 3.05) is 13.2 Å². The Bertz CT molecular complexity index is 1120. The van der Waals surface area contributed by atoms with E-state index in [4.69, 9.17) is 14.8 Å². The zero-order valence-corrected chi connectivity index (χ0v) is 20.6. The summed E-state index contributed by atoms with van der Waals surface area (Å²) in [5.41, 5.74) is 2.50. The Hall–Kier alpha value is -2.68. The average Bonchev–Trinajstić information content (AvgIpc) is 3.26. The van der Waals surface area contributed by atoms with Gasteiger partial charge in [-0.3, -0.25) is 0 Å². The van der Waals surface area contributed by atoms with E-state index in [1.165, 1.54) is 23.5 Å². The van der Waals surface area contributed by atoms with Gasteiger partial charge in [-0.15, -0.1) is 17.9 Å². The summed E-state index contributed by atoms with van der Waals surface area (Å²) in [6, 6.07) is 10.5. The second kappa shape index (κ2) is 11.8. The minimum absolute atomic E-state index is 0.0839. The van der Waals surface area contributed by atoms with E-state index >= 15 is 0 Å². The van der Waals surface area contributed by atoms with Crippen LogP contribution >= 0.6 is 11.3 Å². The van der Waals surface area contributed by atoms with Crippen LogP contribution in [0.2, 0.25) is 0 Å². The smallest absolute Gasteiger partial charge is 0.416 e. The molecule has 1 heterocycles. The summed E-state index contributed by atoms with van der Waals surface area (Å²) in [6.45, 7) is 7.93. The Labute approximate surface area is 207 Å². The molecule has 0 bridgehead atoms. The van der Waals surface area contributed by atoms with E-state index in [0.29, 0.717) is 35.6 Å². The lowest BCUT2D eigenvalue weighted by Gasteiger charge is -2.15. The predicted molar refractivity (Wildman–Crippen MR) is 133 cm³/mol. The number of ether oxygens (including phenoxy) is 1. The second-order valence-electron chi connectivity index (χ2n) is 8.54. The number of aromatic nitrogens is 1. The topological polar surface area (TPSA) is 62.6 Å². The molecule has 0 saturated heterocycles. The SMILES string of the molecule is C=CCc1cc(C(O)CCc2sc(-c3ccc(C(F)(F)F)cc3)nc2C(C)C)ccc1OCCO. The lowest BCUT2D eigenvalue weighted by Crippen LogP contribution is -2.06. The number of nitrogens with zero attached hydrogens (tertiary/aromatic N) is 1. The van der Waals surface area contributed by atoms with Crippen LogP contribution in [0.4, 0.5) is 13.2 Å². The number of thiazole rings is 1. The van der Waals surface area contributed by atoms with Crippen molar-refractivity contribution in [2.24, 2.45) is 0 Å². The highest BCUT2D eigenvalue weighted by Crippen LogP contribution is 2.36. The highest BCUT2D eigenvalue weighted by Gasteiger charge is 2.30. The molecule has 1 atom stereocenters. The number of alkyl halides is 3. The van der Waals surface area contributed by atoms with Crippen LogP contribution in [0.3, 0.4) is 0 Å². The fraction of sp³-hybridized carbons (Fsp3) is 0.370. The lowest BCUT2D eigenvalue weighted by atomic mass is 9.99. The molecule has 0 amide bonds. The molecule has 0 aliphatic carbocycles. The molecule has 188 valence electrons. The van der Waals surface area contributed by atoms with Crippen LogP contribution in [0.25, 0.3) is 10.6 Å².